The molecule has 0 saturated heterocycles. The monoisotopic (exact) mass is 412 g/mol. The van der Waals surface area contributed by atoms with Crippen LogP contribution in [-0.2, 0) is 19.1 Å². The van der Waals surface area contributed by atoms with Crippen molar-refractivity contribution in [3.8, 4) is 0 Å². The van der Waals surface area contributed by atoms with E-state index >= 15 is 0 Å². The average molecular weight is 413 g/mol. The fourth-order valence-electron chi connectivity index (χ4n) is 2.82. The van der Waals surface area contributed by atoms with Gasteiger partial charge in [0.25, 0.3) is 0 Å². The second kappa shape index (κ2) is 26.7. The van der Waals surface area contributed by atoms with Crippen LogP contribution in [-0.4, -0.2) is 25.2 Å². The Kier molecular flexibility index (Phi) is 27.5. The lowest BCUT2D eigenvalue weighted by molar-refractivity contribution is -0.144. The minimum Gasteiger partial charge on any atom is -0.466 e. The van der Waals surface area contributed by atoms with Gasteiger partial charge in [-0.05, 0) is 39.5 Å². The third-order valence-corrected chi connectivity index (χ3v) is 4.50. The predicted molar refractivity (Wildman–Crippen MR) is 123 cm³/mol. The molecule has 0 fully saturated rings. The summed E-state index contributed by atoms with van der Waals surface area (Å²) in [6, 6.07) is 0. The van der Waals surface area contributed by atoms with Crippen molar-refractivity contribution >= 4 is 11.9 Å². The maximum Gasteiger partial charge on any atom is 0.306 e. The van der Waals surface area contributed by atoms with Gasteiger partial charge in [-0.1, -0.05) is 83.8 Å². The second-order valence-electron chi connectivity index (χ2n) is 7.34. The van der Waals surface area contributed by atoms with Gasteiger partial charge in [-0.2, -0.15) is 0 Å². The van der Waals surface area contributed by atoms with Crippen LogP contribution < -0.4 is 0 Å². The van der Waals surface area contributed by atoms with Crippen LogP contribution in [0.15, 0.2) is 12.2 Å². The summed E-state index contributed by atoms with van der Waals surface area (Å²) in [4.78, 5) is 21.9. The van der Waals surface area contributed by atoms with Crippen molar-refractivity contribution in [1.29, 1.82) is 0 Å². The smallest absolute Gasteiger partial charge is 0.306 e. The number of rotatable bonds is 18. The Balaban J connectivity index is 0. The van der Waals surface area contributed by atoms with Gasteiger partial charge in [-0.3, -0.25) is 9.59 Å². The van der Waals surface area contributed by atoms with Crippen LogP contribution in [0.3, 0.4) is 0 Å². The van der Waals surface area contributed by atoms with Crippen LogP contribution >= 0.6 is 0 Å². The molecule has 0 aliphatic heterocycles. The van der Waals surface area contributed by atoms with Crippen molar-refractivity contribution in [3.63, 3.8) is 0 Å². The highest BCUT2D eigenvalue weighted by Gasteiger charge is 2.00. The molecule has 0 aliphatic rings. The van der Waals surface area contributed by atoms with Crippen LogP contribution in [0.5, 0.6) is 0 Å². The SMILES string of the molecule is CCCCC/C=C/CCC(=O)OCC.CCCCCCCCCCC(=O)OCC. The molecule has 4 heteroatoms. The van der Waals surface area contributed by atoms with E-state index in [0.717, 1.165) is 19.3 Å². The van der Waals surface area contributed by atoms with Gasteiger partial charge < -0.3 is 9.47 Å². The molecule has 0 radical (unpaired) electrons. The molecule has 0 N–H and O–H groups in total. The zero-order chi connectivity index (χ0) is 22.0. The van der Waals surface area contributed by atoms with Crippen molar-refractivity contribution in [2.75, 3.05) is 13.2 Å². The Hall–Kier alpha value is -1.32. The summed E-state index contributed by atoms with van der Waals surface area (Å²) in [5.74, 6) is -0.130. The number of hydrogen-bond acceptors (Lipinski definition) is 4. The Morgan fingerprint density at radius 3 is 1.55 bits per heavy atom. The van der Waals surface area contributed by atoms with Crippen LogP contribution in [0.25, 0.3) is 0 Å². The van der Waals surface area contributed by atoms with E-state index in [9.17, 15) is 9.59 Å². The Morgan fingerprint density at radius 1 is 0.552 bits per heavy atom. The Morgan fingerprint density at radius 2 is 1.00 bits per heavy atom. The van der Waals surface area contributed by atoms with Crippen LogP contribution in [0, 0.1) is 0 Å². The third kappa shape index (κ3) is 29.0. The molecule has 29 heavy (non-hydrogen) atoms. The normalized spacial score (nSPS) is 10.5. The minimum atomic E-state index is -0.0919. The summed E-state index contributed by atoms with van der Waals surface area (Å²) < 4.78 is 9.68. The first kappa shape index (κ1) is 29.9. The fourth-order valence-corrected chi connectivity index (χ4v) is 2.82. The molecular weight excluding hydrogens is 364 g/mol. The summed E-state index contributed by atoms with van der Waals surface area (Å²) in [7, 11) is 0. The van der Waals surface area contributed by atoms with Crippen molar-refractivity contribution in [1.82, 2.24) is 0 Å². The third-order valence-electron chi connectivity index (χ3n) is 4.50. The highest BCUT2D eigenvalue weighted by molar-refractivity contribution is 5.69. The fraction of sp³-hybridized carbons (Fsp3) is 0.840. The Labute approximate surface area is 180 Å². The Bertz CT molecular complexity index is 377. The number of allylic oxidation sites excluding steroid dienone is 2. The number of ether oxygens (including phenoxy) is 2. The van der Waals surface area contributed by atoms with Crippen molar-refractivity contribution in [2.45, 2.75) is 124 Å². The topological polar surface area (TPSA) is 52.6 Å². The summed E-state index contributed by atoms with van der Waals surface area (Å²) in [6.45, 7) is 9.11. The maximum atomic E-state index is 11.0. The van der Waals surface area contributed by atoms with E-state index in [0.29, 0.717) is 26.1 Å². The van der Waals surface area contributed by atoms with E-state index in [1.807, 2.05) is 13.8 Å². The number of unbranched alkanes of at least 4 members (excludes halogenated alkanes) is 10. The molecule has 0 saturated carbocycles. The summed E-state index contributed by atoms with van der Waals surface area (Å²) in [6.07, 6.45) is 21.3. The molecular formula is C25H48O4. The first-order valence-corrected chi connectivity index (χ1v) is 12.1. The minimum absolute atomic E-state index is 0.0384. The first-order chi connectivity index (χ1) is 14.1. The van der Waals surface area contributed by atoms with Gasteiger partial charge in [-0.25, -0.2) is 0 Å². The first-order valence-electron chi connectivity index (χ1n) is 12.1. The number of carbonyl (C=O) groups is 2. The molecule has 0 unspecified atom stereocenters. The molecule has 172 valence electrons. The zero-order valence-electron chi connectivity index (χ0n) is 19.8. The van der Waals surface area contributed by atoms with E-state index < -0.39 is 0 Å². The number of esters is 2. The molecule has 0 atom stereocenters. The quantitative estimate of drug-likeness (QED) is 0.132. The van der Waals surface area contributed by atoms with Gasteiger partial charge >= 0.3 is 11.9 Å². The van der Waals surface area contributed by atoms with Crippen LogP contribution in [0.1, 0.15) is 124 Å². The van der Waals surface area contributed by atoms with Gasteiger partial charge in [-0.15, -0.1) is 0 Å². The maximum absolute atomic E-state index is 11.0. The molecule has 0 aromatic heterocycles. The van der Waals surface area contributed by atoms with Gasteiger partial charge in [0.15, 0.2) is 0 Å². The standard InChI is InChI=1S/C13H26O2.C12H22O2/c1-3-5-6-7-8-9-10-11-12-13(14)15-4-2;1-3-5-6-7-8-9-10-11-12(13)14-4-2/h3-12H2,1-2H3;8-9H,3-7,10-11H2,1-2H3/b;9-8+. The molecule has 0 bridgehead atoms. The predicted octanol–water partition coefficient (Wildman–Crippen LogP) is 7.55. The highest BCUT2D eigenvalue weighted by atomic mass is 16.5. The van der Waals surface area contributed by atoms with E-state index in [1.54, 1.807) is 0 Å². The zero-order valence-corrected chi connectivity index (χ0v) is 19.8. The lowest BCUT2D eigenvalue weighted by Crippen LogP contribution is -2.03. The summed E-state index contributed by atoms with van der Waals surface area (Å²) in [5, 5.41) is 0. The van der Waals surface area contributed by atoms with E-state index in [1.165, 1.54) is 64.2 Å². The molecule has 0 rings (SSSR count). The number of carbonyl (C=O) groups excluding carboxylic acids is 2. The molecule has 0 spiro atoms. The van der Waals surface area contributed by atoms with Gasteiger partial charge in [0, 0.05) is 12.8 Å². The summed E-state index contributed by atoms with van der Waals surface area (Å²) in [5.41, 5.74) is 0. The molecule has 0 aromatic carbocycles. The lowest BCUT2D eigenvalue weighted by atomic mass is 10.1. The lowest BCUT2D eigenvalue weighted by Gasteiger charge is -2.02. The molecule has 4 nitrogen and oxygen atoms in total. The molecule has 0 amide bonds. The average Bonchev–Trinajstić information content (AvgIpc) is 2.70. The second-order valence-corrected chi connectivity index (χ2v) is 7.34. The van der Waals surface area contributed by atoms with Crippen LogP contribution in [0.2, 0.25) is 0 Å². The van der Waals surface area contributed by atoms with Crippen molar-refractivity contribution in [2.24, 2.45) is 0 Å². The van der Waals surface area contributed by atoms with E-state index in [-0.39, 0.29) is 11.9 Å². The van der Waals surface area contributed by atoms with Crippen LogP contribution in [0.4, 0.5) is 0 Å². The van der Waals surface area contributed by atoms with Crippen molar-refractivity contribution < 1.29 is 19.1 Å². The van der Waals surface area contributed by atoms with Gasteiger partial charge in [0.2, 0.25) is 0 Å². The number of hydrogen-bond donors (Lipinski definition) is 0. The van der Waals surface area contributed by atoms with E-state index in [4.69, 9.17) is 9.47 Å². The van der Waals surface area contributed by atoms with Crippen molar-refractivity contribution in [3.05, 3.63) is 12.2 Å². The molecule has 0 heterocycles. The van der Waals surface area contributed by atoms with E-state index in [2.05, 4.69) is 26.0 Å². The van der Waals surface area contributed by atoms with Gasteiger partial charge in [0.1, 0.15) is 0 Å². The van der Waals surface area contributed by atoms with Gasteiger partial charge in [0.05, 0.1) is 13.2 Å². The molecule has 0 aliphatic carbocycles. The summed E-state index contributed by atoms with van der Waals surface area (Å²) >= 11 is 0. The highest BCUT2D eigenvalue weighted by Crippen LogP contribution is 2.09. The largest absolute Gasteiger partial charge is 0.466 e. The molecule has 0 aromatic rings.